The molecule has 1 aliphatic rings. The Hall–Kier alpha value is -1.58. The Morgan fingerprint density at radius 1 is 1.60 bits per heavy atom. The third-order valence-electron chi connectivity index (χ3n) is 2.59. The zero-order chi connectivity index (χ0) is 11.0. The lowest BCUT2D eigenvalue weighted by Crippen LogP contribution is -2.07. The van der Waals surface area contributed by atoms with Crippen molar-refractivity contribution in [3.8, 4) is 5.75 Å². The van der Waals surface area contributed by atoms with Gasteiger partial charge < -0.3 is 9.84 Å². The van der Waals surface area contributed by atoms with Crippen LogP contribution in [-0.2, 0) is 4.74 Å². The van der Waals surface area contributed by atoms with Crippen molar-refractivity contribution in [3.05, 3.63) is 23.0 Å². The number of hydrogen-bond donors (Lipinski definition) is 1. The van der Waals surface area contributed by atoms with Gasteiger partial charge in [0.25, 0.3) is 0 Å². The third kappa shape index (κ3) is 1.79. The molecule has 0 saturated heterocycles. The van der Waals surface area contributed by atoms with Crippen LogP contribution in [0.25, 0.3) is 0 Å². The summed E-state index contributed by atoms with van der Waals surface area (Å²) >= 11 is 0. The number of aryl methyl sites for hydroxylation is 1. The second kappa shape index (κ2) is 3.53. The van der Waals surface area contributed by atoms with E-state index in [1.807, 2.05) is 0 Å². The van der Waals surface area contributed by atoms with Gasteiger partial charge in [0.2, 0.25) is 0 Å². The quantitative estimate of drug-likeness (QED) is 0.751. The van der Waals surface area contributed by atoms with E-state index in [9.17, 15) is 9.90 Å². The summed E-state index contributed by atoms with van der Waals surface area (Å²) in [5, 5.41) is 9.50. The van der Waals surface area contributed by atoms with Gasteiger partial charge in [0, 0.05) is 5.92 Å². The van der Waals surface area contributed by atoms with Gasteiger partial charge in [0.15, 0.2) is 0 Å². The molecule has 1 aliphatic carbocycles. The maximum Gasteiger partial charge on any atom is 0.339 e. The molecule has 0 radical (unpaired) electrons. The monoisotopic (exact) mass is 207 g/mol. The summed E-state index contributed by atoms with van der Waals surface area (Å²) in [6.45, 7) is 1.72. The molecule has 0 aliphatic heterocycles. The standard InChI is InChI=1S/C11H13NO3/c1-6-9(13)5-8(11(14)15-2)10(12-6)7-3-4-7/h5,7,13H,3-4H2,1-2H3. The molecule has 4 nitrogen and oxygen atoms in total. The van der Waals surface area contributed by atoms with Crippen LogP contribution in [0, 0.1) is 6.92 Å². The van der Waals surface area contributed by atoms with Crippen LogP contribution in [0.5, 0.6) is 5.75 Å². The summed E-state index contributed by atoms with van der Waals surface area (Å²) in [5.41, 5.74) is 1.71. The molecule has 15 heavy (non-hydrogen) atoms. The molecule has 1 heterocycles. The normalized spacial score (nSPS) is 15.1. The number of nitrogens with zero attached hydrogens (tertiary/aromatic N) is 1. The van der Waals surface area contributed by atoms with Gasteiger partial charge in [-0.3, -0.25) is 4.98 Å². The van der Waals surface area contributed by atoms with E-state index in [2.05, 4.69) is 9.72 Å². The van der Waals surface area contributed by atoms with Gasteiger partial charge in [0.1, 0.15) is 5.75 Å². The molecule has 0 aromatic carbocycles. The predicted molar refractivity (Wildman–Crippen MR) is 54.0 cm³/mol. The lowest BCUT2D eigenvalue weighted by molar-refractivity contribution is 0.0598. The molecule has 2 rings (SSSR count). The van der Waals surface area contributed by atoms with Crippen molar-refractivity contribution in [1.29, 1.82) is 0 Å². The highest BCUT2D eigenvalue weighted by atomic mass is 16.5. The van der Waals surface area contributed by atoms with Gasteiger partial charge in [0.05, 0.1) is 24.1 Å². The zero-order valence-corrected chi connectivity index (χ0v) is 8.78. The number of aromatic hydroxyl groups is 1. The minimum Gasteiger partial charge on any atom is -0.506 e. The Morgan fingerprint density at radius 3 is 2.80 bits per heavy atom. The first-order valence-electron chi connectivity index (χ1n) is 4.92. The number of methoxy groups -OCH3 is 1. The molecule has 4 heteroatoms. The fourth-order valence-corrected chi connectivity index (χ4v) is 1.55. The lowest BCUT2D eigenvalue weighted by atomic mass is 10.1. The van der Waals surface area contributed by atoms with Crippen LogP contribution in [0.1, 0.15) is 40.5 Å². The van der Waals surface area contributed by atoms with Gasteiger partial charge in [-0.15, -0.1) is 0 Å². The summed E-state index contributed by atoms with van der Waals surface area (Å²) < 4.78 is 4.66. The lowest BCUT2D eigenvalue weighted by Gasteiger charge is -2.08. The zero-order valence-electron chi connectivity index (χ0n) is 8.78. The largest absolute Gasteiger partial charge is 0.506 e. The summed E-state index contributed by atoms with van der Waals surface area (Å²) in [5.74, 6) is -0.0297. The summed E-state index contributed by atoms with van der Waals surface area (Å²) in [6, 6.07) is 1.45. The molecule has 1 N–H and O–H groups in total. The molecule has 80 valence electrons. The second-order valence-electron chi connectivity index (χ2n) is 3.79. The van der Waals surface area contributed by atoms with Crippen LogP contribution in [0.3, 0.4) is 0 Å². The Labute approximate surface area is 87.9 Å². The Balaban J connectivity index is 2.49. The molecule has 0 atom stereocenters. The number of ether oxygens (including phenoxy) is 1. The van der Waals surface area contributed by atoms with E-state index in [1.54, 1.807) is 6.92 Å². The molecule has 1 aromatic heterocycles. The number of hydrogen-bond acceptors (Lipinski definition) is 4. The molecule has 0 unspecified atom stereocenters. The fraction of sp³-hybridized carbons (Fsp3) is 0.455. The third-order valence-corrected chi connectivity index (χ3v) is 2.59. The topological polar surface area (TPSA) is 59.4 Å². The van der Waals surface area contributed by atoms with E-state index in [0.717, 1.165) is 18.5 Å². The van der Waals surface area contributed by atoms with Gasteiger partial charge in [-0.2, -0.15) is 0 Å². The van der Waals surface area contributed by atoms with Crippen molar-refractivity contribution in [2.24, 2.45) is 0 Å². The van der Waals surface area contributed by atoms with Gasteiger partial charge in [-0.25, -0.2) is 4.79 Å². The Morgan fingerprint density at radius 2 is 2.27 bits per heavy atom. The predicted octanol–water partition coefficient (Wildman–Crippen LogP) is 1.76. The second-order valence-corrected chi connectivity index (χ2v) is 3.79. The molecule has 0 amide bonds. The number of esters is 1. The molecular formula is C11H13NO3. The first-order chi connectivity index (χ1) is 7.13. The highest BCUT2D eigenvalue weighted by Crippen LogP contribution is 2.41. The van der Waals surface area contributed by atoms with E-state index in [1.165, 1.54) is 13.2 Å². The molecular weight excluding hydrogens is 194 g/mol. The van der Waals surface area contributed by atoms with E-state index in [4.69, 9.17) is 0 Å². The van der Waals surface area contributed by atoms with Crippen LogP contribution < -0.4 is 0 Å². The SMILES string of the molecule is COC(=O)c1cc(O)c(C)nc1C1CC1. The van der Waals surface area contributed by atoms with Gasteiger partial charge >= 0.3 is 5.97 Å². The fourth-order valence-electron chi connectivity index (χ4n) is 1.55. The van der Waals surface area contributed by atoms with E-state index < -0.39 is 5.97 Å². The van der Waals surface area contributed by atoms with Gasteiger partial charge in [-0.1, -0.05) is 0 Å². The van der Waals surface area contributed by atoms with Crippen molar-refractivity contribution in [3.63, 3.8) is 0 Å². The number of aromatic nitrogens is 1. The van der Waals surface area contributed by atoms with Crippen molar-refractivity contribution in [2.45, 2.75) is 25.7 Å². The van der Waals surface area contributed by atoms with Crippen molar-refractivity contribution in [2.75, 3.05) is 7.11 Å². The first-order valence-corrected chi connectivity index (χ1v) is 4.92. The molecule has 0 bridgehead atoms. The summed E-state index contributed by atoms with van der Waals surface area (Å²) in [7, 11) is 1.33. The summed E-state index contributed by atoms with van der Waals surface area (Å²) in [6.07, 6.45) is 2.11. The van der Waals surface area contributed by atoms with Crippen molar-refractivity contribution >= 4 is 5.97 Å². The van der Waals surface area contributed by atoms with Crippen molar-refractivity contribution in [1.82, 2.24) is 4.98 Å². The number of rotatable bonds is 2. The average Bonchev–Trinajstić information content (AvgIpc) is 3.04. The van der Waals surface area contributed by atoms with Crippen LogP contribution in [-0.4, -0.2) is 23.2 Å². The van der Waals surface area contributed by atoms with Crippen molar-refractivity contribution < 1.29 is 14.6 Å². The van der Waals surface area contributed by atoms with Gasteiger partial charge in [-0.05, 0) is 25.8 Å². The maximum absolute atomic E-state index is 11.5. The maximum atomic E-state index is 11.5. The van der Waals surface area contributed by atoms with Crippen LogP contribution >= 0.6 is 0 Å². The van der Waals surface area contributed by atoms with E-state index >= 15 is 0 Å². The van der Waals surface area contributed by atoms with Crippen LogP contribution in [0.2, 0.25) is 0 Å². The smallest absolute Gasteiger partial charge is 0.339 e. The Bertz CT molecular complexity index is 411. The average molecular weight is 207 g/mol. The molecule has 1 aromatic rings. The van der Waals surface area contributed by atoms with Crippen LogP contribution in [0.15, 0.2) is 6.07 Å². The minimum atomic E-state index is -0.431. The number of pyridine rings is 1. The number of carbonyl (C=O) groups excluding carboxylic acids is 1. The van der Waals surface area contributed by atoms with E-state index in [-0.39, 0.29) is 5.75 Å². The highest BCUT2D eigenvalue weighted by molar-refractivity contribution is 5.91. The molecule has 1 fully saturated rings. The van der Waals surface area contributed by atoms with Crippen LogP contribution in [0.4, 0.5) is 0 Å². The summed E-state index contributed by atoms with van der Waals surface area (Å²) in [4.78, 5) is 15.7. The first kappa shape index (κ1) is 9.96. The highest BCUT2D eigenvalue weighted by Gasteiger charge is 2.30. The Kier molecular flexibility index (Phi) is 2.34. The minimum absolute atomic E-state index is 0.0415. The van der Waals surface area contributed by atoms with E-state index in [0.29, 0.717) is 17.2 Å². The molecule has 1 saturated carbocycles. The number of carbonyl (C=O) groups is 1. The molecule has 0 spiro atoms.